The Labute approximate surface area is 218 Å². The van der Waals surface area contributed by atoms with E-state index in [1.54, 1.807) is 45.0 Å². The Hall–Kier alpha value is -3.14. The van der Waals surface area contributed by atoms with Crippen LogP contribution in [0.4, 0.5) is 6.01 Å². The molecule has 0 amide bonds. The highest BCUT2D eigenvalue weighted by molar-refractivity contribution is 6.05. The van der Waals surface area contributed by atoms with Crippen molar-refractivity contribution in [2.75, 3.05) is 31.7 Å². The second kappa shape index (κ2) is 11.9. The van der Waals surface area contributed by atoms with Crippen molar-refractivity contribution < 1.29 is 28.3 Å². The first-order valence-corrected chi connectivity index (χ1v) is 12.9. The van der Waals surface area contributed by atoms with Crippen LogP contribution in [0.3, 0.4) is 0 Å². The molecular formula is C27H40N4O6. The summed E-state index contributed by atoms with van der Waals surface area (Å²) in [5, 5.41) is 4.06. The summed E-state index contributed by atoms with van der Waals surface area (Å²) < 4.78 is 21.5. The van der Waals surface area contributed by atoms with Crippen LogP contribution in [-0.4, -0.2) is 54.5 Å². The summed E-state index contributed by atoms with van der Waals surface area (Å²) in [6.07, 6.45) is 4.14. The Morgan fingerprint density at radius 3 is 2.32 bits per heavy atom. The number of rotatable bonds is 10. The fourth-order valence-corrected chi connectivity index (χ4v) is 4.22. The monoisotopic (exact) mass is 516 g/mol. The van der Waals surface area contributed by atoms with Crippen molar-refractivity contribution in [3.8, 4) is 5.75 Å². The molecule has 2 N–H and O–H groups in total. The van der Waals surface area contributed by atoms with Crippen LogP contribution in [0, 0.1) is 5.92 Å². The molecule has 0 aliphatic carbocycles. The lowest BCUT2D eigenvalue weighted by molar-refractivity contribution is -0.171. The molecule has 0 spiro atoms. The zero-order valence-corrected chi connectivity index (χ0v) is 22.8. The Bertz CT molecular complexity index is 1040. The van der Waals surface area contributed by atoms with E-state index in [0.29, 0.717) is 24.3 Å². The first kappa shape index (κ1) is 28.4. The quantitative estimate of drug-likeness (QED) is 0.281. The van der Waals surface area contributed by atoms with Crippen molar-refractivity contribution >= 4 is 18.0 Å². The SMILES string of the molecule is COC(=O)C(N)(C(=O)OC(C)(C)C)c1ccc(OCCCC2CCN(c3nc(C(C)C)no3)CC2)cc1. The van der Waals surface area contributed by atoms with E-state index in [4.69, 9.17) is 24.5 Å². The normalized spacial score (nSPS) is 16.4. The number of carbonyl (C=O) groups is 2. The van der Waals surface area contributed by atoms with Gasteiger partial charge in [-0.3, -0.25) is 0 Å². The van der Waals surface area contributed by atoms with Crippen molar-refractivity contribution in [2.45, 2.75) is 77.4 Å². The number of nitrogens with zero attached hydrogens (tertiary/aromatic N) is 3. The lowest BCUT2D eigenvalue weighted by Gasteiger charge is -2.30. The van der Waals surface area contributed by atoms with Gasteiger partial charge < -0.3 is 29.4 Å². The van der Waals surface area contributed by atoms with Crippen molar-refractivity contribution in [1.82, 2.24) is 10.1 Å². The fraction of sp³-hybridized carbons (Fsp3) is 0.630. The van der Waals surface area contributed by atoms with Crippen molar-refractivity contribution in [2.24, 2.45) is 11.7 Å². The van der Waals surface area contributed by atoms with E-state index in [2.05, 4.69) is 28.9 Å². The van der Waals surface area contributed by atoms with Crippen molar-refractivity contribution in [3.63, 3.8) is 0 Å². The standard InChI is InChI=1S/C27H40N4O6/c1-18(2)22-29-25(37-30-22)31-15-13-19(14-16-31)8-7-17-35-21-11-9-20(10-12-21)27(28,23(32)34-6)24(33)36-26(3,4)5/h9-12,18-19H,7-8,13-17,28H2,1-6H3. The summed E-state index contributed by atoms with van der Waals surface area (Å²) in [5.74, 6) is 0.497. The van der Waals surface area contributed by atoms with E-state index < -0.39 is 23.1 Å². The fourth-order valence-electron chi connectivity index (χ4n) is 4.22. The zero-order chi connectivity index (χ0) is 27.2. The highest BCUT2D eigenvalue weighted by Crippen LogP contribution is 2.28. The van der Waals surface area contributed by atoms with Crippen LogP contribution < -0.4 is 15.4 Å². The van der Waals surface area contributed by atoms with Crippen LogP contribution >= 0.6 is 0 Å². The average Bonchev–Trinajstić information content (AvgIpc) is 3.36. The molecule has 2 aromatic rings. The van der Waals surface area contributed by atoms with Gasteiger partial charge in [0.25, 0.3) is 0 Å². The van der Waals surface area contributed by atoms with Crippen LogP contribution in [-0.2, 0) is 24.6 Å². The smallest absolute Gasteiger partial charge is 0.343 e. The number of nitrogens with two attached hydrogens (primary N) is 1. The second-order valence-electron chi connectivity index (χ2n) is 10.8. The summed E-state index contributed by atoms with van der Waals surface area (Å²) in [7, 11) is 1.18. The van der Waals surface area contributed by atoms with Gasteiger partial charge in [-0.1, -0.05) is 31.1 Å². The number of benzene rings is 1. The molecule has 1 fully saturated rings. The maximum Gasteiger partial charge on any atom is 0.343 e. The molecule has 1 aliphatic rings. The van der Waals surface area contributed by atoms with Crippen LogP contribution in [0.5, 0.6) is 5.75 Å². The molecule has 0 saturated carbocycles. The number of aromatic nitrogens is 2. The molecule has 0 bridgehead atoms. The Kier molecular flexibility index (Phi) is 9.17. The predicted molar refractivity (Wildman–Crippen MR) is 138 cm³/mol. The molecule has 10 heteroatoms. The predicted octanol–water partition coefficient (Wildman–Crippen LogP) is 3.94. The van der Waals surface area contributed by atoms with Gasteiger partial charge in [0, 0.05) is 19.0 Å². The highest BCUT2D eigenvalue weighted by Gasteiger charge is 2.48. The number of hydrogen-bond acceptors (Lipinski definition) is 10. The van der Waals surface area contributed by atoms with Crippen LogP contribution in [0.25, 0.3) is 0 Å². The molecule has 1 saturated heterocycles. The van der Waals surface area contributed by atoms with Gasteiger partial charge in [-0.05, 0) is 70.1 Å². The lowest BCUT2D eigenvalue weighted by Crippen LogP contribution is -2.54. The molecule has 1 aliphatic heterocycles. The van der Waals surface area contributed by atoms with Gasteiger partial charge in [0.1, 0.15) is 11.4 Å². The third-order valence-corrected chi connectivity index (χ3v) is 6.40. The third kappa shape index (κ3) is 7.21. The molecule has 0 radical (unpaired) electrons. The molecule has 1 unspecified atom stereocenters. The second-order valence-corrected chi connectivity index (χ2v) is 10.8. The molecule has 3 rings (SSSR count). The maximum absolute atomic E-state index is 12.8. The number of hydrogen-bond donors (Lipinski definition) is 1. The van der Waals surface area contributed by atoms with Gasteiger partial charge in [0.05, 0.1) is 13.7 Å². The average molecular weight is 517 g/mol. The van der Waals surface area contributed by atoms with Gasteiger partial charge in [0.2, 0.25) is 5.54 Å². The Morgan fingerprint density at radius 1 is 1.14 bits per heavy atom. The summed E-state index contributed by atoms with van der Waals surface area (Å²) in [5.41, 5.74) is 3.64. The maximum atomic E-state index is 12.8. The van der Waals surface area contributed by atoms with Crippen molar-refractivity contribution in [3.05, 3.63) is 35.7 Å². The molecule has 2 heterocycles. The number of piperidine rings is 1. The summed E-state index contributed by atoms with van der Waals surface area (Å²) in [6, 6.07) is 7.19. The summed E-state index contributed by atoms with van der Waals surface area (Å²) >= 11 is 0. The van der Waals surface area contributed by atoms with Gasteiger partial charge in [-0.15, -0.1) is 0 Å². The molecule has 10 nitrogen and oxygen atoms in total. The Balaban J connectivity index is 1.47. The number of methoxy groups -OCH3 is 1. The van der Waals surface area contributed by atoms with E-state index in [9.17, 15) is 9.59 Å². The van der Waals surface area contributed by atoms with Gasteiger partial charge in [-0.25, -0.2) is 9.59 Å². The summed E-state index contributed by atoms with van der Waals surface area (Å²) in [6.45, 7) is 11.6. The lowest BCUT2D eigenvalue weighted by atomic mass is 9.90. The van der Waals surface area contributed by atoms with E-state index in [-0.39, 0.29) is 11.5 Å². The molecular weight excluding hydrogens is 476 g/mol. The van der Waals surface area contributed by atoms with Gasteiger partial charge >= 0.3 is 18.0 Å². The molecule has 37 heavy (non-hydrogen) atoms. The minimum Gasteiger partial charge on any atom is -0.494 e. The number of carbonyl (C=O) groups excluding carboxylic acids is 2. The van der Waals surface area contributed by atoms with E-state index in [0.717, 1.165) is 44.6 Å². The van der Waals surface area contributed by atoms with Crippen LogP contribution in [0.2, 0.25) is 0 Å². The largest absolute Gasteiger partial charge is 0.494 e. The first-order chi connectivity index (χ1) is 17.4. The minimum absolute atomic E-state index is 0.252. The highest BCUT2D eigenvalue weighted by atomic mass is 16.6. The van der Waals surface area contributed by atoms with E-state index in [1.165, 1.54) is 7.11 Å². The number of ether oxygens (including phenoxy) is 3. The number of anilines is 1. The minimum atomic E-state index is -2.06. The van der Waals surface area contributed by atoms with E-state index in [1.807, 2.05) is 0 Å². The van der Waals surface area contributed by atoms with Crippen LogP contribution in [0.15, 0.2) is 28.8 Å². The first-order valence-electron chi connectivity index (χ1n) is 12.9. The van der Waals surface area contributed by atoms with E-state index >= 15 is 0 Å². The van der Waals surface area contributed by atoms with Gasteiger partial charge in [-0.2, -0.15) is 4.98 Å². The topological polar surface area (TPSA) is 130 Å². The zero-order valence-electron chi connectivity index (χ0n) is 22.8. The molecule has 1 aromatic carbocycles. The number of esters is 2. The Morgan fingerprint density at radius 2 is 1.78 bits per heavy atom. The third-order valence-electron chi connectivity index (χ3n) is 6.40. The van der Waals surface area contributed by atoms with Crippen LogP contribution in [0.1, 0.15) is 77.6 Å². The molecule has 1 aromatic heterocycles. The molecule has 204 valence electrons. The summed E-state index contributed by atoms with van der Waals surface area (Å²) in [4.78, 5) is 31.9. The van der Waals surface area contributed by atoms with Gasteiger partial charge in [0.15, 0.2) is 5.82 Å². The molecule has 1 atom stereocenters. The van der Waals surface area contributed by atoms with Crippen molar-refractivity contribution in [1.29, 1.82) is 0 Å².